The second-order valence-corrected chi connectivity index (χ2v) is 4.02. The lowest BCUT2D eigenvalue weighted by molar-refractivity contribution is -0.143. The quantitative estimate of drug-likeness (QED) is 0.779. The maximum atomic E-state index is 13.6. The zero-order valence-electron chi connectivity index (χ0n) is 10.6. The topological polar surface area (TPSA) is 92.9 Å². The van der Waals surface area contributed by atoms with Crippen LogP contribution in [-0.2, 0) is 9.59 Å². The van der Waals surface area contributed by atoms with Crippen molar-refractivity contribution in [2.24, 2.45) is 5.73 Å². The molecule has 0 fully saturated rings. The minimum Gasteiger partial charge on any atom is -0.494 e. The van der Waals surface area contributed by atoms with Crippen LogP contribution in [0.1, 0.15) is 11.6 Å². The van der Waals surface area contributed by atoms with Crippen molar-refractivity contribution in [2.75, 3.05) is 20.7 Å². The van der Waals surface area contributed by atoms with Crippen molar-refractivity contribution in [1.29, 1.82) is 0 Å². The third-order valence-corrected chi connectivity index (χ3v) is 2.57. The summed E-state index contributed by atoms with van der Waals surface area (Å²) in [7, 11) is 2.73. The summed E-state index contributed by atoms with van der Waals surface area (Å²) in [5.41, 5.74) is 5.22. The fourth-order valence-electron chi connectivity index (χ4n) is 1.78. The highest BCUT2D eigenvalue weighted by Gasteiger charge is 2.26. The van der Waals surface area contributed by atoms with Gasteiger partial charge in [-0.1, -0.05) is 6.07 Å². The number of hydrogen-bond acceptors (Lipinski definition) is 4. The van der Waals surface area contributed by atoms with Crippen molar-refractivity contribution >= 4 is 11.9 Å². The molecule has 1 unspecified atom stereocenters. The molecule has 0 saturated carbocycles. The molecule has 3 N–H and O–H groups in total. The molecule has 0 heterocycles. The van der Waals surface area contributed by atoms with Gasteiger partial charge in [-0.2, -0.15) is 0 Å². The molecule has 0 aliphatic rings. The number of nitrogens with two attached hydrogens (primary N) is 1. The molecule has 0 bridgehead atoms. The number of halogens is 1. The highest BCUT2D eigenvalue weighted by Crippen LogP contribution is 2.25. The van der Waals surface area contributed by atoms with Gasteiger partial charge in [0.05, 0.1) is 13.7 Å². The average molecular weight is 270 g/mol. The number of carboxylic acid groups (broad SMARTS) is 1. The largest absolute Gasteiger partial charge is 0.494 e. The Bertz CT molecular complexity index is 493. The molecule has 0 saturated heterocycles. The van der Waals surface area contributed by atoms with E-state index in [1.165, 1.54) is 31.2 Å². The van der Waals surface area contributed by atoms with Gasteiger partial charge >= 0.3 is 5.97 Å². The van der Waals surface area contributed by atoms with Crippen LogP contribution in [0.25, 0.3) is 0 Å². The van der Waals surface area contributed by atoms with Crippen molar-refractivity contribution < 1.29 is 23.8 Å². The van der Waals surface area contributed by atoms with E-state index in [9.17, 15) is 19.1 Å². The molecule has 19 heavy (non-hydrogen) atoms. The van der Waals surface area contributed by atoms with Gasteiger partial charge < -0.3 is 15.6 Å². The summed E-state index contributed by atoms with van der Waals surface area (Å²) < 4.78 is 18.3. The molecule has 1 aromatic rings. The Balaban J connectivity index is 3.09. The van der Waals surface area contributed by atoms with Gasteiger partial charge in [-0.3, -0.25) is 14.5 Å². The van der Waals surface area contributed by atoms with Gasteiger partial charge in [0.25, 0.3) is 0 Å². The number of amides is 1. The smallest absolute Gasteiger partial charge is 0.325 e. The van der Waals surface area contributed by atoms with Gasteiger partial charge in [0.2, 0.25) is 5.91 Å². The van der Waals surface area contributed by atoms with E-state index in [0.717, 1.165) is 6.07 Å². The standard InChI is InChI=1S/C12H15FN2O4/c1-15(6-10(14)16)11(12(17)18)7-3-4-9(19-2)8(13)5-7/h3-5,11H,6H2,1-2H3,(H2,14,16)(H,17,18). The third kappa shape index (κ3) is 3.65. The molecule has 104 valence electrons. The molecule has 1 aromatic carbocycles. The normalized spacial score (nSPS) is 12.2. The Morgan fingerprint density at radius 2 is 2.16 bits per heavy atom. The number of likely N-dealkylation sites (N-methyl/N-ethyl adjacent to an activating group) is 1. The van der Waals surface area contributed by atoms with Crippen LogP contribution in [0.5, 0.6) is 5.75 Å². The second kappa shape index (κ2) is 6.14. The number of aliphatic carboxylic acids is 1. The zero-order chi connectivity index (χ0) is 14.6. The minimum atomic E-state index is -1.20. The number of methoxy groups -OCH3 is 1. The number of carbonyl (C=O) groups is 2. The van der Waals surface area contributed by atoms with Crippen LogP contribution >= 0.6 is 0 Å². The molecule has 7 heteroatoms. The van der Waals surface area contributed by atoms with Crippen LogP contribution < -0.4 is 10.5 Å². The number of rotatable bonds is 6. The van der Waals surface area contributed by atoms with E-state index in [2.05, 4.69) is 0 Å². The Morgan fingerprint density at radius 1 is 1.53 bits per heavy atom. The minimum absolute atomic E-state index is 0.0189. The van der Waals surface area contributed by atoms with Gasteiger partial charge in [0.15, 0.2) is 11.6 Å². The Morgan fingerprint density at radius 3 is 2.58 bits per heavy atom. The number of nitrogens with zero attached hydrogens (tertiary/aromatic N) is 1. The fraction of sp³-hybridized carbons (Fsp3) is 0.333. The first-order chi connectivity index (χ1) is 8.86. The SMILES string of the molecule is COc1ccc(C(C(=O)O)N(C)CC(N)=O)cc1F. The van der Waals surface area contributed by atoms with Crippen molar-refractivity contribution in [2.45, 2.75) is 6.04 Å². The van der Waals surface area contributed by atoms with E-state index in [1.54, 1.807) is 0 Å². The summed E-state index contributed by atoms with van der Waals surface area (Å²) in [5, 5.41) is 9.18. The number of primary amides is 1. The number of carboxylic acids is 1. The highest BCUT2D eigenvalue weighted by atomic mass is 19.1. The van der Waals surface area contributed by atoms with E-state index in [0.29, 0.717) is 0 Å². The first kappa shape index (κ1) is 14.9. The van der Waals surface area contributed by atoms with Crippen molar-refractivity contribution in [3.63, 3.8) is 0 Å². The molecule has 6 nitrogen and oxygen atoms in total. The average Bonchev–Trinajstić information content (AvgIpc) is 2.27. The highest BCUT2D eigenvalue weighted by molar-refractivity contribution is 5.79. The van der Waals surface area contributed by atoms with Crippen LogP contribution in [0.15, 0.2) is 18.2 Å². The molecular weight excluding hydrogens is 255 g/mol. The molecule has 1 amide bonds. The van der Waals surface area contributed by atoms with Crippen molar-refractivity contribution in [3.05, 3.63) is 29.6 Å². The molecule has 0 aromatic heterocycles. The Hall–Kier alpha value is -2.15. The maximum absolute atomic E-state index is 13.6. The first-order valence-electron chi connectivity index (χ1n) is 5.41. The molecule has 1 rings (SSSR count). The first-order valence-corrected chi connectivity index (χ1v) is 5.41. The summed E-state index contributed by atoms with van der Waals surface area (Å²) in [4.78, 5) is 23.3. The van der Waals surface area contributed by atoms with Gasteiger partial charge in [-0.15, -0.1) is 0 Å². The summed E-state index contributed by atoms with van der Waals surface area (Å²) in [6.45, 7) is -0.245. The van der Waals surface area contributed by atoms with Crippen LogP contribution in [0, 0.1) is 5.82 Å². The predicted octanol–water partition coefficient (Wildman–Crippen LogP) is 0.377. The molecular formula is C12H15FN2O4. The number of benzene rings is 1. The molecule has 1 atom stereocenters. The van der Waals surface area contributed by atoms with Gasteiger partial charge in [0.1, 0.15) is 6.04 Å². The summed E-state index contributed by atoms with van der Waals surface area (Å²) in [5.74, 6) is -2.51. The lowest BCUT2D eigenvalue weighted by Gasteiger charge is -2.23. The van der Waals surface area contributed by atoms with Gasteiger partial charge in [-0.05, 0) is 24.7 Å². The Labute approximate surface area is 109 Å². The Kier molecular flexibility index (Phi) is 4.82. The van der Waals surface area contributed by atoms with Crippen LogP contribution in [-0.4, -0.2) is 42.6 Å². The fourth-order valence-corrected chi connectivity index (χ4v) is 1.78. The van der Waals surface area contributed by atoms with Crippen molar-refractivity contribution in [3.8, 4) is 5.75 Å². The van der Waals surface area contributed by atoms with Gasteiger partial charge in [0, 0.05) is 0 Å². The third-order valence-electron chi connectivity index (χ3n) is 2.57. The summed E-state index contributed by atoms with van der Waals surface area (Å²) in [6.07, 6.45) is 0. The van der Waals surface area contributed by atoms with Crippen LogP contribution in [0.4, 0.5) is 4.39 Å². The van der Waals surface area contributed by atoms with E-state index >= 15 is 0 Å². The lowest BCUT2D eigenvalue weighted by Crippen LogP contribution is -2.37. The molecule has 0 radical (unpaired) electrons. The predicted molar refractivity (Wildman–Crippen MR) is 65.2 cm³/mol. The molecule has 0 spiro atoms. The number of ether oxygens (including phenoxy) is 1. The molecule has 0 aliphatic carbocycles. The van der Waals surface area contributed by atoms with Gasteiger partial charge in [-0.25, -0.2) is 4.39 Å². The van der Waals surface area contributed by atoms with Crippen LogP contribution in [0.3, 0.4) is 0 Å². The summed E-state index contributed by atoms with van der Waals surface area (Å²) >= 11 is 0. The van der Waals surface area contributed by atoms with E-state index in [4.69, 9.17) is 10.5 Å². The van der Waals surface area contributed by atoms with E-state index in [1.807, 2.05) is 0 Å². The number of hydrogen-bond donors (Lipinski definition) is 2. The van der Waals surface area contributed by atoms with E-state index < -0.39 is 23.7 Å². The maximum Gasteiger partial charge on any atom is 0.325 e. The lowest BCUT2D eigenvalue weighted by atomic mass is 10.1. The monoisotopic (exact) mass is 270 g/mol. The van der Waals surface area contributed by atoms with Crippen LogP contribution in [0.2, 0.25) is 0 Å². The number of carbonyl (C=O) groups excluding carboxylic acids is 1. The summed E-state index contributed by atoms with van der Waals surface area (Å²) in [6, 6.07) is 2.67. The zero-order valence-corrected chi connectivity index (χ0v) is 10.6. The van der Waals surface area contributed by atoms with E-state index in [-0.39, 0.29) is 17.9 Å². The second-order valence-electron chi connectivity index (χ2n) is 4.02. The molecule has 0 aliphatic heterocycles. The van der Waals surface area contributed by atoms with Crippen molar-refractivity contribution in [1.82, 2.24) is 4.90 Å².